The van der Waals surface area contributed by atoms with Gasteiger partial charge in [0.1, 0.15) is 0 Å². The minimum absolute atomic E-state index is 0.0432. The fourth-order valence-corrected chi connectivity index (χ4v) is 7.46. The van der Waals surface area contributed by atoms with Gasteiger partial charge >= 0.3 is 0 Å². The molecule has 0 amide bonds. The van der Waals surface area contributed by atoms with Crippen LogP contribution in [0.2, 0.25) is 0 Å². The highest BCUT2D eigenvalue weighted by Crippen LogP contribution is 2.32. The van der Waals surface area contributed by atoms with Crippen molar-refractivity contribution in [2.24, 2.45) is 0 Å². The van der Waals surface area contributed by atoms with Gasteiger partial charge in [0.2, 0.25) is 17.8 Å². The Kier molecular flexibility index (Phi) is 7.49. The number of hydrogen-bond acceptors (Lipinski definition) is 9. The van der Waals surface area contributed by atoms with E-state index in [4.69, 9.17) is 15.0 Å². The second-order valence-corrected chi connectivity index (χ2v) is 15.2. The van der Waals surface area contributed by atoms with E-state index in [0.29, 0.717) is 23.9 Å². The maximum Gasteiger partial charge on any atom is 0.229 e. The van der Waals surface area contributed by atoms with Gasteiger partial charge in [0, 0.05) is 45.8 Å². The summed E-state index contributed by atoms with van der Waals surface area (Å²) in [5.41, 5.74) is 0.274. The first-order valence-electron chi connectivity index (χ1n) is 14.3. The zero-order valence-electron chi connectivity index (χ0n) is 25.0. The molecule has 1 aromatic heterocycles. The summed E-state index contributed by atoms with van der Waals surface area (Å²) in [4.78, 5) is 14.7. The van der Waals surface area contributed by atoms with E-state index in [2.05, 4.69) is 101 Å². The maximum absolute atomic E-state index is 4.90. The average Bonchev–Trinajstić information content (AvgIpc) is 2.61. The van der Waals surface area contributed by atoms with Gasteiger partial charge in [-0.3, -0.25) is 0 Å². The van der Waals surface area contributed by atoms with E-state index in [-0.39, 0.29) is 39.8 Å². The summed E-state index contributed by atoms with van der Waals surface area (Å²) in [6.45, 7) is 23.7. The monoisotopic (exact) mass is 515 g/mol. The number of aromatic nitrogens is 3. The molecule has 6 N–H and O–H groups in total. The molecule has 9 nitrogen and oxygen atoms in total. The van der Waals surface area contributed by atoms with E-state index < -0.39 is 0 Å². The SMILES string of the molecule is CC1(C)CC(Nc2nc(NC3CC(C)(C)NC(C)(C)C3)nc(NC3CC(C)(C)NC(C)(C)C3)n2)CCN1. The third-order valence-electron chi connectivity index (χ3n) is 7.87. The highest BCUT2D eigenvalue weighted by Gasteiger charge is 2.39. The van der Waals surface area contributed by atoms with Crippen molar-refractivity contribution in [3.8, 4) is 0 Å². The van der Waals surface area contributed by atoms with Crippen molar-refractivity contribution in [3.05, 3.63) is 0 Å². The molecule has 1 unspecified atom stereocenters. The summed E-state index contributed by atoms with van der Waals surface area (Å²) in [7, 11) is 0. The van der Waals surface area contributed by atoms with E-state index in [0.717, 1.165) is 45.1 Å². The quantitative estimate of drug-likeness (QED) is 0.331. The lowest BCUT2D eigenvalue weighted by molar-refractivity contribution is 0.170. The Labute approximate surface area is 224 Å². The standard InChI is InChI=1S/C28H53N9/c1-24(2)13-18(11-12-29-24)30-21-33-22(31-19-14-25(3,4)36-26(5,6)15-19)35-23(34-21)32-20-16-27(7,8)37-28(9,10)17-20/h18-20,29,36-37H,11-17H2,1-10H3,(H3,30,31,32,33,34,35). The van der Waals surface area contributed by atoms with Crippen LogP contribution in [0, 0.1) is 0 Å². The van der Waals surface area contributed by atoms with Crippen molar-refractivity contribution in [2.75, 3.05) is 22.5 Å². The van der Waals surface area contributed by atoms with Gasteiger partial charge in [0.05, 0.1) is 0 Å². The highest BCUT2D eigenvalue weighted by atomic mass is 15.3. The summed E-state index contributed by atoms with van der Waals surface area (Å²) >= 11 is 0. The lowest BCUT2D eigenvalue weighted by Gasteiger charge is -2.47. The zero-order chi connectivity index (χ0) is 27.3. The number of anilines is 3. The molecule has 37 heavy (non-hydrogen) atoms. The first kappa shape index (κ1) is 28.3. The lowest BCUT2D eigenvalue weighted by Crippen LogP contribution is -2.60. The van der Waals surface area contributed by atoms with E-state index >= 15 is 0 Å². The molecule has 0 saturated carbocycles. The second-order valence-electron chi connectivity index (χ2n) is 15.2. The molecule has 4 rings (SSSR count). The largest absolute Gasteiger partial charge is 0.351 e. The van der Waals surface area contributed by atoms with Crippen LogP contribution in [0.1, 0.15) is 108 Å². The first-order valence-corrected chi connectivity index (χ1v) is 14.3. The maximum atomic E-state index is 4.90. The Bertz CT molecular complexity index is 863. The van der Waals surface area contributed by atoms with Crippen LogP contribution in [0.4, 0.5) is 17.8 Å². The predicted molar refractivity (Wildman–Crippen MR) is 154 cm³/mol. The molecule has 3 fully saturated rings. The average molecular weight is 516 g/mol. The first-order chi connectivity index (χ1) is 16.9. The van der Waals surface area contributed by atoms with E-state index in [9.17, 15) is 0 Å². The van der Waals surface area contributed by atoms with Gasteiger partial charge in [-0.2, -0.15) is 15.0 Å². The molecule has 0 bridgehead atoms. The smallest absolute Gasteiger partial charge is 0.229 e. The molecule has 0 spiro atoms. The van der Waals surface area contributed by atoms with Crippen molar-refractivity contribution in [1.29, 1.82) is 0 Å². The molecule has 1 atom stereocenters. The minimum atomic E-state index is 0.0432. The number of nitrogens with zero attached hydrogens (tertiary/aromatic N) is 3. The summed E-state index contributed by atoms with van der Waals surface area (Å²) in [6, 6.07) is 0.890. The van der Waals surface area contributed by atoms with Crippen LogP contribution in [-0.4, -0.2) is 67.3 Å². The Morgan fingerprint density at radius 3 is 1.19 bits per heavy atom. The van der Waals surface area contributed by atoms with Crippen molar-refractivity contribution >= 4 is 17.8 Å². The Morgan fingerprint density at radius 1 is 0.514 bits per heavy atom. The molecule has 4 heterocycles. The zero-order valence-corrected chi connectivity index (χ0v) is 25.0. The molecular weight excluding hydrogens is 462 g/mol. The normalized spacial score (nSPS) is 28.9. The van der Waals surface area contributed by atoms with Crippen LogP contribution in [0.15, 0.2) is 0 Å². The van der Waals surface area contributed by atoms with Crippen LogP contribution >= 0.6 is 0 Å². The van der Waals surface area contributed by atoms with Crippen molar-refractivity contribution in [3.63, 3.8) is 0 Å². The van der Waals surface area contributed by atoms with Gasteiger partial charge in [0.15, 0.2) is 0 Å². The van der Waals surface area contributed by atoms with Gasteiger partial charge in [-0.15, -0.1) is 0 Å². The molecule has 3 saturated heterocycles. The molecule has 0 aromatic carbocycles. The topological polar surface area (TPSA) is 111 Å². The summed E-state index contributed by atoms with van der Waals surface area (Å²) in [5.74, 6) is 1.96. The van der Waals surface area contributed by atoms with Crippen LogP contribution < -0.4 is 31.9 Å². The van der Waals surface area contributed by atoms with Crippen molar-refractivity contribution in [1.82, 2.24) is 30.9 Å². The van der Waals surface area contributed by atoms with Crippen LogP contribution in [-0.2, 0) is 0 Å². The fourth-order valence-electron chi connectivity index (χ4n) is 7.46. The van der Waals surface area contributed by atoms with Crippen LogP contribution in [0.3, 0.4) is 0 Å². The van der Waals surface area contributed by atoms with Gasteiger partial charge in [-0.25, -0.2) is 0 Å². The minimum Gasteiger partial charge on any atom is -0.351 e. The van der Waals surface area contributed by atoms with Gasteiger partial charge < -0.3 is 31.9 Å². The van der Waals surface area contributed by atoms with Crippen LogP contribution in [0.25, 0.3) is 0 Å². The van der Waals surface area contributed by atoms with Gasteiger partial charge in [-0.1, -0.05) is 0 Å². The Morgan fingerprint density at radius 2 is 0.838 bits per heavy atom. The van der Waals surface area contributed by atoms with Crippen LogP contribution in [0.5, 0.6) is 0 Å². The molecule has 1 aromatic rings. The molecule has 0 radical (unpaired) electrons. The Balaban J connectivity index is 1.57. The van der Waals surface area contributed by atoms with Crippen molar-refractivity contribution in [2.45, 2.75) is 154 Å². The summed E-state index contributed by atoms with van der Waals surface area (Å²) in [5, 5.41) is 22.2. The van der Waals surface area contributed by atoms with Gasteiger partial charge in [-0.05, 0) is 114 Å². The predicted octanol–water partition coefficient (Wildman–Crippen LogP) is 4.26. The number of nitrogens with one attached hydrogen (secondary N) is 6. The van der Waals surface area contributed by atoms with E-state index in [1.807, 2.05) is 0 Å². The molecule has 210 valence electrons. The molecule has 0 aliphatic carbocycles. The molecule has 9 heteroatoms. The van der Waals surface area contributed by atoms with Gasteiger partial charge in [0.25, 0.3) is 0 Å². The number of piperidine rings is 3. The number of rotatable bonds is 6. The summed E-state index contributed by atoms with van der Waals surface area (Å²) < 4.78 is 0. The van der Waals surface area contributed by atoms with E-state index in [1.165, 1.54) is 0 Å². The third kappa shape index (κ3) is 8.14. The molecular formula is C28H53N9. The summed E-state index contributed by atoms with van der Waals surface area (Å²) in [6.07, 6.45) is 6.10. The fraction of sp³-hybridized carbons (Fsp3) is 0.893. The lowest BCUT2D eigenvalue weighted by atomic mass is 9.79. The van der Waals surface area contributed by atoms with E-state index in [1.54, 1.807) is 0 Å². The molecule has 3 aliphatic heterocycles. The second kappa shape index (κ2) is 9.79. The Hall–Kier alpha value is -1.71. The number of hydrogen-bond donors (Lipinski definition) is 6. The van der Waals surface area contributed by atoms with Crippen molar-refractivity contribution < 1.29 is 0 Å². The third-order valence-corrected chi connectivity index (χ3v) is 7.87. The highest BCUT2D eigenvalue weighted by molar-refractivity contribution is 5.44. The molecule has 3 aliphatic rings.